The highest BCUT2D eigenvalue weighted by molar-refractivity contribution is 6.11. The van der Waals surface area contributed by atoms with Gasteiger partial charge in [-0.1, -0.05) is 37.5 Å². The third-order valence-corrected chi connectivity index (χ3v) is 6.98. The van der Waals surface area contributed by atoms with E-state index >= 15 is 0 Å². The molecule has 0 radical (unpaired) electrons. The van der Waals surface area contributed by atoms with E-state index in [1.54, 1.807) is 38.2 Å². The Morgan fingerprint density at radius 3 is 2.27 bits per heavy atom. The molecule has 1 fully saturated rings. The maximum atomic E-state index is 14.2. The molecular formula is C30H36N2O5. The molecule has 0 bridgehead atoms. The second-order valence-corrected chi connectivity index (χ2v) is 9.74. The van der Waals surface area contributed by atoms with Gasteiger partial charge < -0.3 is 19.2 Å². The first-order chi connectivity index (χ1) is 17.8. The first-order valence-electron chi connectivity index (χ1n) is 12.8. The number of nitrogens with zero attached hydrogens (tertiary/aromatic N) is 1. The smallest absolute Gasteiger partial charge is 0.262 e. The van der Waals surface area contributed by atoms with Gasteiger partial charge in [-0.25, -0.2) is 0 Å². The number of aryl methyl sites for hydroxylation is 3. The van der Waals surface area contributed by atoms with Crippen LogP contribution in [0, 0.1) is 20.8 Å². The topological polar surface area (TPSA) is 81.0 Å². The van der Waals surface area contributed by atoms with Crippen LogP contribution < -0.4 is 19.7 Å². The lowest BCUT2D eigenvalue weighted by Crippen LogP contribution is -2.47. The van der Waals surface area contributed by atoms with Crippen LogP contribution in [0.15, 0.2) is 53.1 Å². The van der Waals surface area contributed by atoms with E-state index in [1.165, 1.54) is 12.7 Å². The molecule has 1 unspecified atom stereocenters. The number of hydrogen-bond acceptors (Lipinski definition) is 5. The number of furan rings is 1. The van der Waals surface area contributed by atoms with Crippen LogP contribution >= 0.6 is 0 Å². The van der Waals surface area contributed by atoms with Gasteiger partial charge in [-0.05, 0) is 69.0 Å². The minimum atomic E-state index is -1.00. The van der Waals surface area contributed by atoms with Crippen molar-refractivity contribution in [3.05, 3.63) is 76.7 Å². The summed E-state index contributed by atoms with van der Waals surface area (Å²) in [6.45, 7) is 5.70. The minimum absolute atomic E-state index is 0.0622. The number of amides is 2. The van der Waals surface area contributed by atoms with Gasteiger partial charge in [0.25, 0.3) is 5.91 Å². The SMILES string of the molecule is COc1cccc(C(C(=O)NC2CCCCC2)N(C(=O)c2ccoc2C)c2cc(C)cc(C)c2)c1OC. The summed E-state index contributed by atoms with van der Waals surface area (Å²) in [6.07, 6.45) is 6.66. The standard InChI is InChI=1S/C30H36N2O5/c1-19-16-20(2)18-23(17-19)32(30(34)24-14-15-37-21(24)3)27(29(33)31-22-10-7-6-8-11-22)25-12-9-13-26(35-4)28(25)36-5/h9,12-18,22,27H,6-8,10-11H2,1-5H3,(H,31,33). The number of para-hydroxylation sites is 1. The third kappa shape index (κ3) is 5.66. The monoisotopic (exact) mass is 504 g/mol. The molecule has 1 heterocycles. The van der Waals surface area contributed by atoms with Crippen molar-refractivity contribution in [2.45, 2.75) is 65.0 Å². The van der Waals surface area contributed by atoms with Gasteiger partial charge in [0, 0.05) is 17.3 Å². The van der Waals surface area contributed by atoms with Crippen molar-refractivity contribution in [3.8, 4) is 11.5 Å². The van der Waals surface area contributed by atoms with Crippen LogP contribution in [0.3, 0.4) is 0 Å². The third-order valence-electron chi connectivity index (χ3n) is 6.98. The summed E-state index contributed by atoms with van der Waals surface area (Å²) in [4.78, 5) is 30.0. The molecule has 7 nitrogen and oxygen atoms in total. The van der Waals surface area contributed by atoms with Crippen LogP contribution in [-0.4, -0.2) is 32.1 Å². The zero-order valence-corrected chi connectivity index (χ0v) is 22.3. The first kappa shape index (κ1) is 26.3. The lowest BCUT2D eigenvalue weighted by atomic mass is 9.94. The lowest BCUT2D eigenvalue weighted by molar-refractivity contribution is -0.123. The molecule has 2 aromatic carbocycles. The first-order valence-corrected chi connectivity index (χ1v) is 12.8. The molecule has 1 saturated carbocycles. The lowest BCUT2D eigenvalue weighted by Gasteiger charge is -2.34. The fourth-order valence-electron chi connectivity index (χ4n) is 5.26. The Morgan fingerprint density at radius 2 is 1.68 bits per heavy atom. The van der Waals surface area contributed by atoms with Crippen molar-refractivity contribution in [1.29, 1.82) is 0 Å². The van der Waals surface area contributed by atoms with Crippen molar-refractivity contribution in [3.63, 3.8) is 0 Å². The molecule has 3 aromatic rings. The molecular weight excluding hydrogens is 468 g/mol. The molecule has 2 amide bonds. The summed E-state index contributed by atoms with van der Waals surface area (Å²) in [6, 6.07) is 12.0. The quantitative estimate of drug-likeness (QED) is 0.403. The molecule has 1 atom stereocenters. The fourth-order valence-corrected chi connectivity index (χ4v) is 5.26. The number of hydrogen-bond donors (Lipinski definition) is 1. The fraction of sp³-hybridized carbons (Fsp3) is 0.400. The predicted octanol–water partition coefficient (Wildman–Crippen LogP) is 6.06. The van der Waals surface area contributed by atoms with Crippen LogP contribution in [0.4, 0.5) is 5.69 Å². The molecule has 196 valence electrons. The summed E-state index contributed by atoms with van der Waals surface area (Å²) < 4.78 is 16.8. The number of anilines is 1. The summed E-state index contributed by atoms with van der Waals surface area (Å²) in [7, 11) is 3.10. The van der Waals surface area contributed by atoms with Crippen LogP contribution in [0.25, 0.3) is 0 Å². The summed E-state index contributed by atoms with van der Waals surface area (Å²) in [5.74, 6) is 0.808. The normalized spacial score (nSPS) is 14.6. The Labute approximate surface area is 218 Å². The molecule has 1 aromatic heterocycles. The van der Waals surface area contributed by atoms with Crippen LogP contribution in [0.2, 0.25) is 0 Å². The highest BCUT2D eigenvalue weighted by Gasteiger charge is 2.38. The molecule has 0 spiro atoms. The van der Waals surface area contributed by atoms with Gasteiger partial charge in [0.15, 0.2) is 11.5 Å². The van der Waals surface area contributed by atoms with Gasteiger partial charge in [0.05, 0.1) is 26.0 Å². The van der Waals surface area contributed by atoms with Crippen LogP contribution in [-0.2, 0) is 4.79 Å². The number of carbonyl (C=O) groups excluding carboxylic acids is 2. The van der Waals surface area contributed by atoms with Gasteiger partial charge >= 0.3 is 0 Å². The molecule has 4 rings (SSSR count). The van der Waals surface area contributed by atoms with E-state index in [-0.39, 0.29) is 17.9 Å². The largest absolute Gasteiger partial charge is 0.493 e. The van der Waals surface area contributed by atoms with E-state index in [4.69, 9.17) is 13.9 Å². The van der Waals surface area contributed by atoms with E-state index < -0.39 is 6.04 Å². The molecule has 0 saturated heterocycles. The number of rotatable bonds is 8. The summed E-state index contributed by atoms with van der Waals surface area (Å²) >= 11 is 0. The predicted molar refractivity (Wildman–Crippen MR) is 143 cm³/mol. The second kappa shape index (κ2) is 11.5. The van der Waals surface area contributed by atoms with Crippen LogP contribution in [0.5, 0.6) is 11.5 Å². The maximum absolute atomic E-state index is 14.2. The van der Waals surface area contributed by atoms with E-state index in [0.29, 0.717) is 34.1 Å². The molecule has 37 heavy (non-hydrogen) atoms. The van der Waals surface area contributed by atoms with Gasteiger partial charge in [-0.3, -0.25) is 14.5 Å². The van der Waals surface area contributed by atoms with Gasteiger partial charge in [0.1, 0.15) is 11.8 Å². The summed E-state index contributed by atoms with van der Waals surface area (Å²) in [5.41, 5.74) is 3.54. The van der Waals surface area contributed by atoms with Crippen molar-refractivity contribution >= 4 is 17.5 Å². The molecule has 1 aliphatic rings. The highest BCUT2D eigenvalue weighted by Crippen LogP contribution is 2.40. The zero-order chi connectivity index (χ0) is 26.5. The Balaban J connectivity index is 1.92. The number of nitrogens with one attached hydrogen (secondary N) is 1. The Morgan fingerprint density at radius 1 is 0.973 bits per heavy atom. The van der Waals surface area contributed by atoms with E-state index in [0.717, 1.165) is 36.8 Å². The van der Waals surface area contributed by atoms with Gasteiger partial charge in [-0.15, -0.1) is 0 Å². The van der Waals surface area contributed by atoms with Crippen LogP contribution in [0.1, 0.15) is 71.0 Å². The van der Waals surface area contributed by atoms with Gasteiger partial charge in [0.2, 0.25) is 5.91 Å². The minimum Gasteiger partial charge on any atom is -0.493 e. The molecule has 1 aliphatic carbocycles. The van der Waals surface area contributed by atoms with Crippen molar-refractivity contribution in [2.75, 3.05) is 19.1 Å². The zero-order valence-electron chi connectivity index (χ0n) is 22.3. The Hall–Kier alpha value is -3.74. The number of benzene rings is 2. The second-order valence-electron chi connectivity index (χ2n) is 9.74. The number of carbonyl (C=O) groups is 2. The van der Waals surface area contributed by atoms with Crippen molar-refractivity contribution < 1.29 is 23.5 Å². The average molecular weight is 505 g/mol. The molecule has 7 heteroatoms. The molecule has 0 aliphatic heterocycles. The number of methoxy groups -OCH3 is 2. The maximum Gasteiger partial charge on any atom is 0.262 e. The Kier molecular flexibility index (Phi) is 8.21. The van der Waals surface area contributed by atoms with E-state index in [2.05, 4.69) is 5.32 Å². The van der Waals surface area contributed by atoms with Crippen molar-refractivity contribution in [2.24, 2.45) is 0 Å². The van der Waals surface area contributed by atoms with Gasteiger partial charge in [-0.2, -0.15) is 0 Å². The number of ether oxygens (including phenoxy) is 2. The highest BCUT2D eigenvalue weighted by atomic mass is 16.5. The Bertz CT molecular complexity index is 1240. The van der Waals surface area contributed by atoms with E-state index in [9.17, 15) is 9.59 Å². The van der Waals surface area contributed by atoms with E-state index in [1.807, 2.05) is 44.2 Å². The molecule has 1 N–H and O–H groups in total. The average Bonchev–Trinajstić information content (AvgIpc) is 3.32. The summed E-state index contributed by atoms with van der Waals surface area (Å²) in [5, 5.41) is 3.25. The van der Waals surface area contributed by atoms with Crippen molar-refractivity contribution in [1.82, 2.24) is 5.32 Å².